The van der Waals surface area contributed by atoms with E-state index in [0.29, 0.717) is 12.2 Å². The quantitative estimate of drug-likeness (QED) is 0.916. The molecule has 1 aliphatic heterocycles. The largest absolute Gasteiger partial charge is 0.468 e. The summed E-state index contributed by atoms with van der Waals surface area (Å²) in [5.41, 5.74) is 1.42. The third-order valence-corrected chi connectivity index (χ3v) is 4.26. The number of nitrogens with one attached hydrogen (secondary N) is 1. The lowest BCUT2D eigenvalue weighted by Crippen LogP contribution is -2.36. The van der Waals surface area contributed by atoms with E-state index in [1.807, 2.05) is 26.1 Å². The lowest BCUT2D eigenvalue weighted by Gasteiger charge is -2.25. The predicted octanol–water partition coefficient (Wildman–Crippen LogP) is 1.89. The summed E-state index contributed by atoms with van der Waals surface area (Å²) < 4.78 is 7.26. The van der Waals surface area contributed by atoms with Crippen LogP contribution in [0, 0.1) is 6.92 Å². The number of amides is 1. The fourth-order valence-electron chi connectivity index (χ4n) is 2.90. The Morgan fingerprint density at radius 1 is 1.45 bits per heavy atom. The molecule has 3 rings (SSSR count). The maximum absolute atomic E-state index is 12.3. The molecule has 118 valence electrons. The molecule has 1 saturated heterocycles. The van der Waals surface area contributed by atoms with Crippen molar-refractivity contribution in [2.45, 2.75) is 25.8 Å². The first-order chi connectivity index (χ1) is 10.6. The zero-order chi connectivity index (χ0) is 15.5. The zero-order valence-corrected chi connectivity index (χ0v) is 13.1. The van der Waals surface area contributed by atoms with Crippen molar-refractivity contribution in [1.82, 2.24) is 20.0 Å². The average molecular weight is 302 g/mol. The first-order valence-corrected chi connectivity index (χ1v) is 7.71. The van der Waals surface area contributed by atoms with Gasteiger partial charge in [0.1, 0.15) is 11.5 Å². The van der Waals surface area contributed by atoms with Gasteiger partial charge in [-0.3, -0.25) is 14.4 Å². The molecule has 1 N–H and O–H groups in total. The third-order valence-electron chi connectivity index (χ3n) is 4.26. The molecule has 0 saturated carbocycles. The van der Waals surface area contributed by atoms with Crippen molar-refractivity contribution in [3.05, 3.63) is 41.6 Å². The van der Waals surface area contributed by atoms with Crippen molar-refractivity contribution >= 4 is 5.91 Å². The molecule has 0 spiro atoms. The number of aryl methyl sites for hydroxylation is 2. The van der Waals surface area contributed by atoms with Crippen molar-refractivity contribution in [3.8, 4) is 0 Å². The lowest BCUT2D eigenvalue weighted by atomic mass is 10.2. The molecular weight excluding hydrogens is 280 g/mol. The highest BCUT2D eigenvalue weighted by Crippen LogP contribution is 2.24. The van der Waals surface area contributed by atoms with Crippen molar-refractivity contribution in [2.24, 2.45) is 7.05 Å². The number of carbonyl (C=O) groups excluding carboxylic acids is 1. The summed E-state index contributed by atoms with van der Waals surface area (Å²) in [7, 11) is 1.84. The van der Waals surface area contributed by atoms with Crippen LogP contribution < -0.4 is 5.32 Å². The minimum Gasteiger partial charge on any atom is -0.468 e. The van der Waals surface area contributed by atoms with Crippen LogP contribution in [-0.4, -0.2) is 40.2 Å². The van der Waals surface area contributed by atoms with Gasteiger partial charge in [0.25, 0.3) is 5.91 Å². The standard InChI is InChI=1S/C16H22N4O2/c1-12-10-13(18-19(12)2)16(21)17-11-14(15-6-5-9-22-15)20-7-3-4-8-20/h5-6,9-10,14H,3-4,7-8,11H2,1-2H3,(H,17,21)/t14-/m1/s1. The summed E-state index contributed by atoms with van der Waals surface area (Å²) in [5.74, 6) is 0.763. The summed E-state index contributed by atoms with van der Waals surface area (Å²) in [4.78, 5) is 14.6. The Balaban J connectivity index is 1.67. The Hall–Kier alpha value is -2.08. The average Bonchev–Trinajstić information content (AvgIpc) is 3.23. The molecule has 1 fully saturated rings. The minimum atomic E-state index is -0.139. The van der Waals surface area contributed by atoms with Crippen LogP contribution in [0.25, 0.3) is 0 Å². The number of likely N-dealkylation sites (tertiary alicyclic amines) is 1. The zero-order valence-electron chi connectivity index (χ0n) is 13.1. The number of furan rings is 1. The Bertz CT molecular complexity index is 607. The highest BCUT2D eigenvalue weighted by molar-refractivity contribution is 5.92. The second-order valence-corrected chi connectivity index (χ2v) is 5.78. The van der Waals surface area contributed by atoms with E-state index in [1.54, 1.807) is 17.0 Å². The normalized spacial score (nSPS) is 16.8. The molecule has 2 aromatic rings. The predicted molar refractivity (Wildman–Crippen MR) is 82.5 cm³/mol. The molecule has 0 unspecified atom stereocenters. The van der Waals surface area contributed by atoms with Gasteiger partial charge in [-0.25, -0.2) is 0 Å². The molecule has 0 radical (unpaired) electrons. The Kier molecular flexibility index (Phi) is 4.29. The van der Waals surface area contributed by atoms with Crippen molar-refractivity contribution < 1.29 is 9.21 Å². The van der Waals surface area contributed by atoms with Gasteiger partial charge >= 0.3 is 0 Å². The van der Waals surface area contributed by atoms with E-state index >= 15 is 0 Å². The third kappa shape index (κ3) is 3.06. The number of hydrogen-bond donors (Lipinski definition) is 1. The molecule has 0 bridgehead atoms. The van der Waals surface area contributed by atoms with E-state index in [0.717, 1.165) is 24.5 Å². The van der Waals surface area contributed by atoms with Gasteiger partial charge in [0.05, 0.1) is 12.3 Å². The summed E-state index contributed by atoms with van der Waals surface area (Å²) in [6, 6.07) is 5.75. The van der Waals surface area contributed by atoms with E-state index in [9.17, 15) is 4.79 Å². The molecule has 0 aromatic carbocycles. The van der Waals surface area contributed by atoms with E-state index in [4.69, 9.17) is 4.42 Å². The second kappa shape index (κ2) is 6.36. The van der Waals surface area contributed by atoms with Crippen LogP contribution in [0.3, 0.4) is 0 Å². The molecule has 6 nitrogen and oxygen atoms in total. The van der Waals surface area contributed by atoms with E-state index < -0.39 is 0 Å². The smallest absolute Gasteiger partial charge is 0.271 e. The van der Waals surface area contributed by atoms with E-state index in [2.05, 4.69) is 15.3 Å². The van der Waals surface area contributed by atoms with Gasteiger partial charge < -0.3 is 9.73 Å². The lowest BCUT2D eigenvalue weighted by molar-refractivity contribution is 0.0928. The number of hydrogen-bond acceptors (Lipinski definition) is 4. The molecular formula is C16H22N4O2. The van der Waals surface area contributed by atoms with Crippen molar-refractivity contribution in [3.63, 3.8) is 0 Å². The van der Waals surface area contributed by atoms with Crippen LogP contribution >= 0.6 is 0 Å². The first-order valence-electron chi connectivity index (χ1n) is 7.71. The van der Waals surface area contributed by atoms with Crippen molar-refractivity contribution in [1.29, 1.82) is 0 Å². The summed E-state index contributed by atoms with van der Waals surface area (Å²) >= 11 is 0. The van der Waals surface area contributed by atoms with Gasteiger partial charge in [0.15, 0.2) is 0 Å². The Morgan fingerprint density at radius 3 is 2.82 bits per heavy atom. The maximum Gasteiger partial charge on any atom is 0.271 e. The summed E-state index contributed by atoms with van der Waals surface area (Å²) in [6.07, 6.45) is 4.08. The topological polar surface area (TPSA) is 63.3 Å². The number of nitrogens with zero attached hydrogens (tertiary/aromatic N) is 3. The van der Waals surface area contributed by atoms with E-state index in [-0.39, 0.29) is 11.9 Å². The van der Waals surface area contributed by atoms with Gasteiger partial charge in [-0.15, -0.1) is 0 Å². The Morgan fingerprint density at radius 2 is 2.23 bits per heavy atom. The molecule has 1 atom stereocenters. The number of rotatable bonds is 5. The van der Waals surface area contributed by atoms with Crippen LogP contribution in [0.2, 0.25) is 0 Å². The van der Waals surface area contributed by atoms with E-state index in [1.165, 1.54) is 12.8 Å². The summed E-state index contributed by atoms with van der Waals surface area (Å²) in [6.45, 7) is 4.55. The van der Waals surface area contributed by atoms with Crippen LogP contribution in [0.5, 0.6) is 0 Å². The molecule has 1 amide bonds. The van der Waals surface area contributed by atoms with Crippen LogP contribution in [0.15, 0.2) is 28.9 Å². The van der Waals surface area contributed by atoms with Crippen LogP contribution in [0.1, 0.15) is 40.8 Å². The molecule has 6 heteroatoms. The highest BCUT2D eigenvalue weighted by atomic mass is 16.3. The summed E-state index contributed by atoms with van der Waals surface area (Å²) in [5, 5.41) is 7.20. The molecule has 0 aliphatic carbocycles. The fraction of sp³-hybridized carbons (Fsp3) is 0.500. The monoisotopic (exact) mass is 302 g/mol. The highest BCUT2D eigenvalue weighted by Gasteiger charge is 2.26. The van der Waals surface area contributed by atoms with Gasteiger partial charge in [0, 0.05) is 19.3 Å². The van der Waals surface area contributed by atoms with Gasteiger partial charge in [-0.1, -0.05) is 0 Å². The molecule has 2 aromatic heterocycles. The molecule has 22 heavy (non-hydrogen) atoms. The van der Waals surface area contributed by atoms with Gasteiger partial charge in [-0.2, -0.15) is 5.10 Å². The minimum absolute atomic E-state index is 0.0891. The van der Waals surface area contributed by atoms with Crippen molar-refractivity contribution in [2.75, 3.05) is 19.6 Å². The maximum atomic E-state index is 12.3. The molecule has 1 aliphatic rings. The molecule has 3 heterocycles. The number of aromatic nitrogens is 2. The van der Waals surface area contributed by atoms with Gasteiger partial charge in [0.2, 0.25) is 0 Å². The van der Waals surface area contributed by atoms with Crippen LogP contribution in [-0.2, 0) is 7.05 Å². The Labute approximate surface area is 130 Å². The van der Waals surface area contributed by atoms with Crippen LogP contribution in [0.4, 0.5) is 0 Å². The SMILES string of the molecule is Cc1cc(C(=O)NC[C@H](c2ccco2)N2CCCC2)nn1C. The fourth-order valence-corrected chi connectivity index (χ4v) is 2.90. The first kappa shape index (κ1) is 14.8. The second-order valence-electron chi connectivity index (χ2n) is 5.78. The van der Waals surface area contributed by atoms with Gasteiger partial charge in [-0.05, 0) is 51.1 Å². The number of carbonyl (C=O) groups is 1.